The highest BCUT2D eigenvalue weighted by Gasteiger charge is 2.13. The van der Waals surface area contributed by atoms with Crippen LogP contribution in [0.4, 0.5) is 0 Å². The topological polar surface area (TPSA) is 17.1 Å². The van der Waals surface area contributed by atoms with Gasteiger partial charge >= 0.3 is 0 Å². The van der Waals surface area contributed by atoms with Crippen molar-refractivity contribution in [2.45, 2.75) is 0 Å². The molecule has 4 rings (SSSR count). The van der Waals surface area contributed by atoms with Crippen molar-refractivity contribution >= 4 is 43.1 Å². The highest BCUT2D eigenvalue weighted by atomic mass is 79.9. The lowest BCUT2D eigenvalue weighted by Crippen LogP contribution is -2.00. The second kappa shape index (κ2) is 6.34. The molecule has 0 fully saturated rings. The lowest BCUT2D eigenvalue weighted by atomic mass is 10.0. The molecule has 4 aromatic rings. The second-order valence-electron chi connectivity index (χ2n) is 5.51. The van der Waals surface area contributed by atoms with E-state index in [0.717, 1.165) is 10.0 Å². The van der Waals surface area contributed by atoms with E-state index in [9.17, 15) is 4.79 Å². The Bertz CT molecular complexity index is 1020. The Labute approximate surface area is 152 Å². The van der Waals surface area contributed by atoms with Crippen molar-refractivity contribution in [1.82, 2.24) is 0 Å². The molecule has 1 nitrogen and oxygen atoms in total. The van der Waals surface area contributed by atoms with E-state index in [1.54, 1.807) is 11.3 Å². The van der Waals surface area contributed by atoms with Crippen LogP contribution >= 0.6 is 27.3 Å². The van der Waals surface area contributed by atoms with Gasteiger partial charge in [-0.1, -0.05) is 72.8 Å². The monoisotopic (exact) mass is 392 g/mol. The molecule has 0 N–H and O–H groups in total. The van der Waals surface area contributed by atoms with E-state index in [2.05, 4.69) is 34.1 Å². The van der Waals surface area contributed by atoms with Gasteiger partial charge in [0.25, 0.3) is 0 Å². The Morgan fingerprint density at radius 1 is 0.750 bits per heavy atom. The van der Waals surface area contributed by atoms with E-state index in [1.807, 2.05) is 60.7 Å². The molecule has 0 aliphatic carbocycles. The number of fused-ring (bicyclic) bond motifs is 1. The summed E-state index contributed by atoms with van der Waals surface area (Å²) in [7, 11) is 0. The predicted molar refractivity (Wildman–Crippen MR) is 105 cm³/mol. The SMILES string of the molecule is O=C(c1ccccc1)c1ccc(-c2sc3ccccc3c2Br)cc1. The first kappa shape index (κ1) is 15.3. The highest BCUT2D eigenvalue weighted by molar-refractivity contribution is 9.10. The van der Waals surface area contributed by atoms with Crippen LogP contribution in [0.25, 0.3) is 20.5 Å². The summed E-state index contributed by atoms with van der Waals surface area (Å²) in [4.78, 5) is 13.7. The standard InChI is InChI=1S/C21H13BrOS/c22-19-17-8-4-5-9-18(17)24-21(19)16-12-10-15(11-13-16)20(23)14-6-2-1-3-7-14/h1-13H. The number of carbonyl (C=O) groups excluding carboxylic acids is 1. The Morgan fingerprint density at radius 3 is 2.08 bits per heavy atom. The van der Waals surface area contributed by atoms with Gasteiger partial charge in [-0.25, -0.2) is 0 Å². The van der Waals surface area contributed by atoms with Crippen LogP contribution < -0.4 is 0 Å². The predicted octanol–water partition coefficient (Wildman–Crippen LogP) is 6.56. The summed E-state index contributed by atoms with van der Waals surface area (Å²) in [5, 5.41) is 1.22. The maximum Gasteiger partial charge on any atom is 0.193 e. The summed E-state index contributed by atoms with van der Waals surface area (Å²) < 4.78 is 2.37. The van der Waals surface area contributed by atoms with Crippen molar-refractivity contribution in [3.8, 4) is 10.4 Å². The van der Waals surface area contributed by atoms with Gasteiger partial charge in [0, 0.05) is 30.6 Å². The van der Waals surface area contributed by atoms with Crippen LogP contribution in [0.5, 0.6) is 0 Å². The molecule has 0 amide bonds. The number of hydrogen-bond donors (Lipinski definition) is 0. The van der Waals surface area contributed by atoms with Crippen molar-refractivity contribution in [2.24, 2.45) is 0 Å². The molecule has 24 heavy (non-hydrogen) atoms. The van der Waals surface area contributed by atoms with E-state index in [0.29, 0.717) is 11.1 Å². The molecule has 0 atom stereocenters. The molecule has 1 heterocycles. The Morgan fingerprint density at radius 2 is 1.38 bits per heavy atom. The van der Waals surface area contributed by atoms with Gasteiger partial charge in [-0.3, -0.25) is 4.79 Å². The number of benzene rings is 3. The van der Waals surface area contributed by atoms with Crippen LogP contribution in [0.15, 0.2) is 83.3 Å². The van der Waals surface area contributed by atoms with Crippen molar-refractivity contribution in [2.75, 3.05) is 0 Å². The fourth-order valence-electron chi connectivity index (χ4n) is 2.73. The Balaban J connectivity index is 1.71. The molecule has 0 saturated carbocycles. The maximum absolute atomic E-state index is 12.5. The third-order valence-corrected chi connectivity index (χ3v) is 6.29. The first-order chi connectivity index (χ1) is 11.7. The molecule has 3 heteroatoms. The quantitative estimate of drug-likeness (QED) is 0.360. The molecule has 0 radical (unpaired) electrons. The molecule has 0 spiro atoms. The minimum Gasteiger partial charge on any atom is -0.289 e. The van der Waals surface area contributed by atoms with Gasteiger partial charge in [-0.05, 0) is 27.6 Å². The lowest BCUT2D eigenvalue weighted by Gasteiger charge is -2.03. The normalized spacial score (nSPS) is 10.9. The van der Waals surface area contributed by atoms with Gasteiger partial charge < -0.3 is 0 Å². The first-order valence-electron chi connectivity index (χ1n) is 7.61. The molecular weight excluding hydrogens is 380 g/mol. The van der Waals surface area contributed by atoms with Crippen LogP contribution in [0.3, 0.4) is 0 Å². The molecule has 3 aromatic carbocycles. The number of thiophene rings is 1. The van der Waals surface area contributed by atoms with Crippen molar-refractivity contribution in [3.05, 3.63) is 94.5 Å². The van der Waals surface area contributed by atoms with Gasteiger partial charge in [-0.2, -0.15) is 0 Å². The number of halogens is 1. The summed E-state index contributed by atoms with van der Waals surface area (Å²) in [5.74, 6) is 0.0533. The first-order valence-corrected chi connectivity index (χ1v) is 9.22. The van der Waals surface area contributed by atoms with E-state index >= 15 is 0 Å². The zero-order chi connectivity index (χ0) is 16.5. The summed E-state index contributed by atoms with van der Waals surface area (Å²) in [6.07, 6.45) is 0. The van der Waals surface area contributed by atoms with Crippen molar-refractivity contribution < 1.29 is 4.79 Å². The zero-order valence-corrected chi connectivity index (χ0v) is 15.1. The van der Waals surface area contributed by atoms with E-state index in [1.165, 1.54) is 15.0 Å². The molecule has 116 valence electrons. The van der Waals surface area contributed by atoms with Crippen LogP contribution in [-0.4, -0.2) is 5.78 Å². The third kappa shape index (κ3) is 2.70. The smallest absolute Gasteiger partial charge is 0.193 e. The average Bonchev–Trinajstić information content (AvgIpc) is 2.99. The molecule has 0 bridgehead atoms. The summed E-state index contributed by atoms with van der Waals surface area (Å²) in [6, 6.07) is 25.6. The van der Waals surface area contributed by atoms with Crippen molar-refractivity contribution in [3.63, 3.8) is 0 Å². The number of hydrogen-bond acceptors (Lipinski definition) is 2. The van der Waals surface area contributed by atoms with Gasteiger partial charge in [0.05, 0.1) is 0 Å². The number of rotatable bonds is 3. The van der Waals surface area contributed by atoms with Crippen LogP contribution in [0, 0.1) is 0 Å². The largest absolute Gasteiger partial charge is 0.289 e. The minimum atomic E-state index is 0.0533. The molecule has 0 saturated heterocycles. The fourth-order valence-corrected chi connectivity index (χ4v) is 4.78. The molecule has 0 aliphatic heterocycles. The van der Waals surface area contributed by atoms with E-state index < -0.39 is 0 Å². The Kier molecular flexibility index (Phi) is 4.05. The van der Waals surface area contributed by atoms with Gasteiger partial charge in [0.15, 0.2) is 5.78 Å². The van der Waals surface area contributed by atoms with E-state index in [4.69, 9.17) is 0 Å². The average molecular weight is 393 g/mol. The zero-order valence-electron chi connectivity index (χ0n) is 12.7. The summed E-state index contributed by atoms with van der Waals surface area (Å²) >= 11 is 5.47. The van der Waals surface area contributed by atoms with Gasteiger partial charge in [0.1, 0.15) is 0 Å². The Hall–Kier alpha value is -2.23. The van der Waals surface area contributed by atoms with Gasteiger partial charge in [-0.15, -0.1) is 11.3 Å². The summed E-state index contributed by atoms with van der Waals surface area (Å²) in [5.41, 5.74) is 2.54. The van der Waals surface area contributed by atoms with Crippen molar-refractivity contribution in [1.29, 1.82) is 0 Å². The molecular formula is C21H13BrOS. The second-order valence-corrected chi connectivity index (χ2v) is 7.36. The molecule has 0 unspecified atom stereocenters. The van der Waals surface area contributed by atoms with Gasteiger partial charge in [0.2, 0.25) is 0 Å². The lowest BCUT2D eigenvalue weighted by molar-refractivity contribution is 0.103. The van der Waals surface area contributed by atoms with Crippen LogP contribution in [0.1, 0.15) is 15.9 Å². The number of ketones is 1. The highest BCUT2D eigenvalue weighted by Crippen LogP contribution is 2.42. The number of carbonyl (C=O) groups is 1. The molecule has 1 aromatic heterocycles. The van der Waals surface area contributed by atoms with Crippen LogP contribution in [-0.2, 0) is 0 Å². The summed E-state index contributed by atoms with van der Waals surface area (Å²) in [6.45, 7) is 0. The fraction of sp³-hybridized carbons (Fsp3) is 0. The third-order valence-electron chi connectivity index (χ3n) is 3.98. The van der Waals surface area contributed by atoms with Crippen LogP contribution in [0.2, 0.25) is 0 Å². The minimum absolute atomic E-state index is 0.0533. The maximum atomic E-state index is 12.5. The van der Waals surface area contributed by atoms with E-state index in [-0.39, 0.29) is 5.78 Å². The molecule has 0 aliphatic rings.